The Labute approximate surface area is 106 Å². The number of allylic oxidation sites excluding steroid dienone is 1. The minimum absolute atomic E-state index is 0.735. The Morgan fingerprint density at radius 1 is 1.44 bits per heavy atom. The van der Waals surface area contributed by atoms with E-state index in [0.717, 1.165) is 35.2 Å². The number of halogens is 1. The van der Waals surface area contributed by atoms with Crippen LogP contribution in [0.2, 0.25) is 4.34 Å². The molecule has 0 spiro atoms. The lowest BCUT2D eigenvalue weighted by molar-refractivity contribution is 0.164. The first-order valence-corrected chi connectivity index (χ1v) is 7.16. The van der Waals surface area contributed by atoms with Crippen molar-refractivity contribution >= 4 is 22.9 Å². The van der Waals surface area contributed by atoms with Crippen LogP contribution in [0.15, 0.2) is 24.3 Å². The fourth-order valence-corrected chi connectivity index (χ4v) is 3.90. The third-order valence-electron chi connectivity index (χ3n) is 3.77. The zero-order valence-corrected chi connectivity index (χ0v) is 10.7. The molecule has 0 amide bonds. The third kappa shape index (κ3) is 2.06. The number of nitrogens with one attached hydrogen (secondary N) is 1. The second-order valence-corrected chi connectivity index (χ2v) is 6.55. The Kier molecular flexibility index (Phi) is 3.05. The van der Waals surface area contributed by atoms with E-state index in [1.165, 1.54) is 17.7 Å². The monoisotopic (exact) mass is 253 g/mol. The van der Waals surface area contributed by atoms with Crippen molar-refractivity contribution in [2.75, 3.05) is 6.54 Å². The third-order valence-corrected chi connectivity index (χ3v) is 5.06. The molecule has 1 aromatic heterocycles. The molecule has 0 radical (unpaired) electrons. The predicted octanol–water partition coefficient (Wildman–Crippen LogP) is 3.50. The summed E-state index contributed by atoms with van der Waals surface area (Å²) in [5, 5.41) is 3.66. The highest BCUT2D eigenvalue weighted by Crippen LogP contribution is 2.42. The molecule has 1 N–H and O–H groups in total. The Hall–Kier alpha value is -0.310. The van der Waals surface area contributed by atoms with E-state index in [0.29, 0.717) is 0 Å². The van der Waals surface area contributed by atoms with Gasteiger partial charge in [0.1, 0.15) is 0 Å². The fourth-order valence-electron chi connectivity index (χ4n) is 2.81. The van der Waals surface area contributed by atoms with Crippen LogP contribution < -0.4 is 5.32 Å². The second-order valence-electron chi connectivity index (χ2n) is 4.75. The summed E-state index contributed by atoms with van der Waals surface area (Å²) in [5.74, 6) is 1.78. The molecule has 0 saturated heterocycles. The van der Waals surface area contributed by atoms with Crippen molar-refractivity contribution in [3.05, 3.63) is 33.5 Å². The first kappa shape index (κ1) is 10.8. The Morgan fingerprint density at radius 3 is 3.12 bits per heavy atom. The zero-order chi connectivity index (χ0) is 11.0. The van der Waals surface area contributed by atoms with Crippen LogP contribution in [0.5, 0.6) is 0 Å². The normalized spacial score (nSPS) is 31.4. The summed E-state index contributed by atoms with van der Waals surface area (Å²) >= 11 is 7.60. The molecule has 16 heavy (non-hydrogen) atoms. The lowest BCUT2D eigenvalue weighted by Crippen LogP contribution is -2.48. The molecule has 2 aliphatic carbocycles. The largest absolute Gasteiger partial charge is 0.313 e. The first-order chi connectivity index (χ1) is 7.83. The van der Waals surface area contributed by atoms with Gasteiger partial charge in [0.15, 0.2) is 0 Å². The molecule has 2 aliphatic rings. The Bertz CT molecular complexity index is 398. The van der Waals surface area contributed by atoms with E-state index < -0.39 is 0 Å². The molecule has 3 heteroatoms. The number of fused-ring (bicyclic) bond motifs is 1. The lowest BCUT2D eigenvalue weighted by atomic mass is 9.71. The summed E-state index contributed by atoms with van der Waals surface area (Å²) in [5.41, 5.74) is 0. The van der Waals surface area contributed by atoms with Gasteiger partial charge in [0.2, 0.25) is 0 Å². The first-order valence-electron chi connectivity index (χ1n) is 5.97. The van der Waals surface area contributed by atoms with Crippen LogP contribution in [0.4, 0.5) is 0 Å². The van der Waals surface area contributed by atoms with E-state index in [-0.39, 0.29) is 0 Å². The molecule has 1 heterocycles. The van der Waals surface area contributed by atoms with Gasteiger partial charge in [-0.1, -0.05) is 23.8 Å². The summed E-state index contributed by atoms with van der Waals surface area (Å²) in [7, 11) is 0. The van der Waals surface area contributed by atoms with Gasteiger partial charge in [-0.25, -0.2) is 0 Å². The molecule has 1 aromatic rings. The molecule has 1 nitrogen and oxygen atoms in total. The molecule has 1 saturated carbocycles. The van der Waals surface area contributed by atoms with E-state index in [2.05, 4.69) is 23.5 Å². The molecule has 86 valence electrons. The van der Waals surface area contributed by atoms with Gasteiger partial charge < -0.3 is 5.32 Å². The molecule has 3 atom stereocenters. The van der Waals surface area contributed by atoms with Crippen molar-refractivity contribution in [3.8, 4) is 0 Å². The van der Waals surface area contributed by atoms with Gasteiger partial charge in [-0.2, -0.15) is 0 Å². The summed E-state index contributed by atoms with van der Waals surface area (Å²) in [6.07, 6.45) is 8.52. The lowest BCUT2D eigenvalue weighted by Gasteiger charge is -2.40. The number of rotatable bonds is 4. The molecule has 3 rings (SSSR count). The summed E-state index contributed by atoms with van der Waals surface area (Å²) in [4.78, 5) is 1.38. The SMILES string of the molecule is Clc1ccc(CCNC2CC3CC=CC32)s1. The van der Waals surface area contributed by atoms with Gasteiger partial charge in [0, 0.05) is 17.5 Å². The van der Waals surface area contributed by atoms with E-state index in [1.807, 2.05) is 6.07 Å². The van der Waals surface area contributed by atoms with Crippen LogP contribution in [0, 0.1) is 11.8 Å². The van der Waals surface area contributed by atoms with Crippen LogP contribution in [0.1, 0.15) is 17.7 Å². The minimum atomic E-state index is 0.735. The topological polar surface area (TPSA) is 12.0 Å². The number of hydrogen-bond donors (Lipinski definition) is 1. The average molecular weight is 254 g/mol. The highest BCUT2D eigenvalue weighted by Gasteiger charge is 2.40. The van der Waals surface area contributed by atoms with Crippen molar-refractivity contribution in [3.63, 3.8) is 0 Å². The standard InChI is InChI=1S/C13H16ClNS/c14-13-5-4-10(16-13)6-7-15-12-8-9-2-1-3-11(9)12/h1,3-5,9,11-12,15H,2,6-8H2. The van der Waals surface area contributed by atoms with Crippen LogP contribution in [0.3, 0.4) is 0 Å². The van der Waals surface area contributed by atoms with Crippen molar-refractivity contribution < 1.29 is 0 Å². The fraction of sp³-hybridized carbons (Fsp3) is 0.538. The number of thiophene rings is 1. The van der Waals surface area contributed by atoms with Crippen LogP contribution in [0.25, 0.3) is 0 Å². The molecule has 0 aromatic carbocycles. The average Bonchev–Trinajstić information content (AvgIpc) is 2.80. The van der Waals surface area contributed by atoms with Gasteiger partial charge in [0.25, 0.3) is 0 Å². The van der Waals surface area contributed by atoms with Gasteiger partial charge in [0.05, 0.1) is 4.34 Å². The van der Waals surface area contributed by atoms with Crippen LogP contribution in [-0.2, 0) is 6.42 Å². The van der Waals surface area contributed by atoms with E-state index >= 15 is 0 Å². The maximum Gasteiger partial charge on any atom is 0.0931 e. The van der Waals surface area contributed by atoms with E-state index in [1.54, 1.807) is 11.3 Å². The highest BCUT2D eigenvalue weighted by molar-refractivity contribution is 7.16. The van der Waals surface area contributed by atoms with Crippen LogP contribution >= 0.6 is 22.9 Å². The molecule has 0 aliphatic heterocycles. The number of hydrogen-bond acceptors (Lipinski definition) is 2. The molecule has 1 fully saturated rings. The van der Waals surface area contributed by atoms with Crippen molar-refractivity contribution in [1.82, 2.24) is 5.32 Å². The smallest absolute Gasteiger partial charge is 0.0931 e. The van der Waals surface area contributed by atoms with Crippen molar-refractivity contribution in [2.45, 2.75) is 25.3 Å². The van der Waals surface area contributed by atoms with Gasteiger partial charge >= 0.3 is 0 Å². The summed E-state index contributed by atoms with van der Waals surface area (Å²) in [6, 6.07) is 4.85. The van der Waals surface area contributed by atoms with Crippen molar-refractivity contribution in [1.29, 1.82) is 0 Å². The van der Waals surface area contributed by atoms with Crippen molar-refractivity contribution in [2.24, 2.45) is 11.8 Å². The predicted molar refractivity (Wildman–Crippen MR) is 70.2 cm³/mol. The van der Waals surface area contributed by atoms with E-state index in [4.69, 9.17) is 11.6 Å². The van der Waals surface area contributed by atoms with E-state index in [9.17, 15) is 0 Å². The minimum Gasteiger partial charge on any atom is -0.313 e. The van der Waals surface area contributed by atoms with Gasteiger partial charge in [-0.15, -0.1) is 11.3 Å². The molecule has 3 unspecified atom stereocenters. The Balaban J connectivity index is 1.42. The Morgan fingerprint density at radius 2 is 2.38 bits per heavy atom. The summed E-state index contributed by atoms with van der Waals surface area (Å²) < 4.78 is 0.900. The maximum atomic E-state index is 5.90. The van der Waals surface area contributed by atoms with Crippen LogP contribution in [-0.4, -0.2) is 12.6 Å². The molecule has 0 bridgehead atoms. The summed E-state index contributed by atoms with van der Waals surface area (Å²) in [6.45, 7) is 1.08. The quantitative estimate of drug-likeness (QED) is 0.810. The van der Waals surface area contributed by atoms with Gasteiger partial charge in [-0.05, 0) is 43.2 Å². The molecular formula is C13H16ClNS. The highest BCUT2D eigenvalue weighted by atomic mass is 35.5. The molecular weight excluding hydrogens is 238 g/mol. The van der Waals surface area contributed by atoms with Gasteiger partial charge in [-0.3, -0.25) is 0 Å². The zero-order valence-electron chi connectivity index (χ0n) is 9.16. The second kappa shape index (κ2) is 4.52. The maximum absolute atomic E-state index is 5.90.